The maximum Gasteiger partial charge on any atom is 0.247 e. The lowest BCUT2D eigenvalue weighted by Gasteiger charge is -2.21. The summed E-state index contributed by atoms with van der Waals surface area (Å²) in [6.07, 6.45) is 5.60. The lowest BCUT2D eigenvalue weighted by atomic mass is 10.1. The highest BCUT2D eigenvalue weighted by molar-refractivity contribution is 5.92. The molecule has 1 heterocycles. The monoisotopic (exact) mass is 351 g/mol. The summed E-state index contributed by atoms with van der Waals surface area (Å²) in [5, 5.41) is 0. The molecule has 1 aliphatic carbocycles. The number of hydrogen-bond acceptors (Lipinski definition) is 4. The molecule has 5 nitrogen and oxygen atoms in total. The number of rotatable bonds is 6. The molecule has 0 unspecified atom stereocenters. The number of fused-ring (bicyclic) bond motifs is 1. The molecule has 0 aromatic heterocycles. The van der Waals surface area contributed by atoms with Gasteiger partial charge >= 0.3 is 0 Å². The van der Waals surface area contributed by atoms with Crippen LogP contribution in [0.15, 0.2) is 48.5 Å². The Labute approximate surface area is 152 Å². The SMILES string of the molecule is COc1ccc(CN(C(=O)/C=C/c2ccc3c(c2)OCO3)C2CC2)cc1. The molecule has 0 spiro atoms. The zero-order valence-electron chi connectivity index (χ0n) is 14.7. The molecule has 134 valence electrons. The molecule has 1 saturated carbocycles. The van der Waals surface area contributed by atoms with E-state index in [0.717, 1.165) is 41.2 Å². The van der Waals surface area contributed by atoms with Gasteiger partial charge in [0, 0.05) is 18.7 Å². The first-order valence-electron chi connectivity index (χ1n) is 8.74. The van der Waals surface area contributed by atoms with Gasteiger partial charge in [0.05, 0.1) is 7.11 Å². The molecule has 0 atom stereocenters. The zero-order chi connectivity index (χ0) is 17.9. The number of ether oxygens (including phenoxy) is 3. The molecule has 26 heavy (non-hydrogen) atoms. The Morgan fingerprint density at radius 3 is 2.65 bits per heavy atom. The van der Waals surface area contributed by atoms with E-state index in [4.69, 9.17) is 14.2 Å². The van der Waals surface area contributed by atoms with E-state index in [1.54, 1.807) is 13.2 Å². The van der Waals surface area contributed by atoms with Crippen LogP contribution < -0.4 is 14.2 Å². The van der Waals surface area contributed by atoms with Gasteiger partial charge in [-0.3, -0.25) is 4.79 Å². The first kappa shape index (κ1) is 16.5. The van der Waals surface area contributed by atoms with Gasteiger partial charge in [-0.25, -0.2) is 0 Å². The van der Waals surface area contributed by atoms with Crippen molar-refractivity contribution in [2.45, 2.75) is 25.4 Å². The predicted molar refractivity (Wildman–Crippen MR) is 98.2 cm³/mol. The van der Waals surface area contributed by atoms with E-state index in [1.165, 1.54) is 0 Å². The normalized spacial score (nSPS) is 15.3. The highest BCUT2D eigenvalue weighted by Crippen LogP contribution is 2.33. The fraction of sp³-hybridized carbons (Fsp3) is 0.286. The van der Waals surface area contributed by atoms with Gasteiger partial charge in [0.15, 0.2) is 11.5 Å². The number of carbonyl (C=O) groups excluding carboxylic acids is 1. The molecule has 0 N–H and O–H groups in total. The predicted octanol–water partition coefficient (Wildman–Crippen LogP) is 3.63. The fourth-order valence-corrected chi connectivity index (χ4v) is 2.98. The molecule has 4 rings (SSSR count). The molecule has 1 fully saturated rings. The Balaban J connectivity index is 1.45. The molecule has 0 bridgehead atoms. The van der Waals surface area contributed by atoms with Crippen LogP contribution in [0.5, 0.6) is 17.2 Å². The van der Waals surface area contributed by atoms with Crippen LogP contribution in [0, 0.1) is 0 Å². The number of hydrogen-bond donors (Lipinski definition) is 0. The summed E-state index contributed by atoms with van der Waals surface area (Å²) in [5.41, 5.74) is 2.02. The van der Waals surface area contributed by atoms with Crippen LogP contribution in [-0.4, -0.2) is 30.8 Å². The lowest BCUT2D eigenvalue weighted by molar-refractivity contribution is -0.127. The van der Waals surface area contributed by atoms with E-state index in [-0.39, 0.29) is 12.7 Å². The second-order valence-electron chi connectivity index (χ2n) is 6.49. The van der Waals surface area contributed by atoms with Crippen molar-refractivity contribution in [1.29, 1.82) is 0 Å². The van der Waals surface area contributed by atoms with Gasteiger partial charge < -0.3 is 19.1 Å². The minimum absolute atomic E-state index is 0.0287. The first-order valence-corrected chi connectivity index (χ1v) is 8.74. The molecular formula is C21H21NO4. The molecule has 2 aromatic rings. The second kappa shape index (κ2) is 7.12. The highest BCUT2D eigenvalue weighted by Gasteiger charge is 2.31. The van der Waals surface area contributed by atoms with Gasteiger partial charge in [0.1, 0.15) is 5.75 Å². The van der Waals surface area contributed by atoms with Crippen molar-refractivity contribution in [3.63, 3.8) is 0 Å². The standard InChI is InChI=1S/C21H21NO4/c1-24-18-8-2-16(3-9-18)13-22(17-6-7-17)21(23)11-5-15-4-10-19-20(12-15)26-14-25-19/h2-5,8-12,17H,6-7,13-14H2,1H3/b11-5+. The third-order valence-electron chi connectivity index (χ3n) is 4.60. The van der Waals surface area contributed by atoms with Crippen LogP contribution in [0.25, 0.3) is 6.08 Å². The molecule has 1 aliphatic heterocycles. The highest BCUT2D eigenvalue weighted by atomic mass is 16.7. The molecule has 2 aromatic carbocycles. The smallest absolute Gasteiger partial charge is 0.247 e. The van der Waals surface area contributed by atoms with Crippen molar-refractivity contribution in [2.75, 3.05) is 13.9 Å². The van der Waals surface area contributed by atoms with Gasteiger partial charge in [-0.05, 0) is 54.3 Å². The van der Waals surface area contributed by atoms with Gasteiger partial charge in [0.2, 0.25) is 12.7 Å². The largest absolute Gasteiger partial charge is 0.497 e. The summed E-state index contributed by atoms with van der Waals surface area (Å²) in [5.74, 6) is 2.31. The third kappa shape index (κ3) is 3.67. The quantitative estimate of drug-likeness (QED) is 0.746. The second-order valence-corrected chi connectivity index (χ2v) is 6.49. The number of benzene rings is 2. The summed E-state index contributed by atoms with van der Waals surface area (Å²) in [6, 6.07) is 13.9. The van der Waals surface area contributed by atoms with Crippen LogP contribution in [0.4, 0.5) is 0 Å². The summed E-state index contributed by atoms with van der Waals surface area (Å²) in [7, 11) is 1.65. The minimum atomic E-state index is 0.0287. The molecule has 5 heteroatoms. The van der Waals surface area contributed by atoms with Crippen LogP contribution in [0.2, 0.25) is 0 Å². The lowest BCUT2D eigenvalue weighted by Crippen LogP contribution is -2.31. The van der Waals surface area contributed by atoms with Crippen molar-refractivity contribution in [1.82, 2.24) is 4.90 Å². The number of amides is 1. The maximum absolute atomic E-state index is 12.7. The van der Waals surface area contributed by atoms with E-state index < -0.39 is 0 Å². The van der Waals surface area contributed by atoms with Gasteiger partial charge in [-0.1, -0.05) is 18.2 Å². The molecule has 0 saturated heterocycles. The summed E-state index contributed by atoms with van der Waals surface area (Å²) in [4.78, 5) is 14.7. The Morgan fingerprint density at radius 1 is 1.15 bits per heavy atom. The maximum atomic E-state index is 12.7. The average molecular weight is 351 g/mol. The van der Waals surface area contributed by atoms with Crippen LogP contribution in [0.1, 0.15) is 24.0 Å². The van der Waals surface area contributed by atoms with Crippen molar-refractivity contribution < 1.29 is 19.0 Å². The Morgan fingerprint density at radius 2 is 1.92 bits per heavy atom. The summed E-state index contributed by atoms with van der Waals surface area (Å²) < 4.78 is 15.9. The van der Waals surface area contributed by atoms with Crippen molar-refractivity contribution in [2.24, 2.45) is 0 Å². The van der Waals surface area contributed by atoms with Crippen molar-refractivity contribution >= 4 is 12.0 Å². The molecule has 2 aliphatic rings. The van der Waals surface area contributed by atoms with Gasteiger partial charge in [0.25, 0.3) is 0 Å². The van der Waals surface area contributed by atoms with Crippen molar-refractivity contribution in [3.05, 3.63) is 59.7 Å². The summed E-state index contributed by atoms with van der Waals surface area (Å²) in [6.45, 7) is 0.859. The zero-order valence-corrected chi connectivity index (χ0v) is 14.7. The van der Waals surface area contributed by atoms with E-state index in [2.05, 4.69) is 0 Å². The first-order chi connectivity index (χ1) is 12.7. The minimum Gasteiger partial charge on any atom is -0.497 e. The Hall–Kier alpha value is -2.95. The number of methoxy groups -OCH3 is 1. The number of nitrogens with zero attached hydrogens (tertiary/aromatic N) is 1. The van der Waals surface area contributed by atoms with Crippen LogP contribution >= 0.6 is 0 Å². The van der Waals surface area contributed by atoms with E-state index >= 15 is 0 Å². The van der Waals surface area contributed by atoms with Gasteiger partial charge in [-0.2, -0.15) is 0 Å². The average Bonchev–Trinajstić information content (AvgIpc) is 3.41. The molecular weight excluding hydrogens is 330 g/mol. The third-order valence-corrected chi connectivity index (χ3v) is 4.60. The van der Waals surface area contributed by atoms with E-state index in [0.29, 0.717) is 12.6 Å². The Bertz CT molecular complexity index is 824. The van der Waals surface area contributed by atoms with E-state index in [9.17, 15) is 4.79 Å². The molecule has 0 radical (unpaired) electrons. The fourth-order valence-electron chi connectivity index (χ4n) is 2.98. The van der Waals surface area contributed by atoms with Crippen molar-refractivity contribution in [3.8, 4) is 17.2 Å². The molecule has 1 amide bonds. The van der Waals surface area contributed by atoms with Crippen LogP contribution in [-0.2, 0) is 11.3 Å². The van der Waals surface area contributed by atoms with Crippen LogP contribution in [0.3, 0.4) is 0 Å². The van der Waals surface area contributed by atoms with Gasteiger partial charge in [-0.15, -0.1) is 0 Å². The summed E-state index contributed by atoms with van der Waals surface area (Å²) >= 11 is 0. The Kier molecular flexibility index (Phi) is 4.52. The van der Waals surface area contributed by atoms with E-state index in [1.807, 2.05) is 53.4 Å². The topological polar surface area (TPSA) is 48.0 Å². The number of carbonyl (C=O) groups is 1.